The summed E-state index contributed by atoms with van der Waals surface area (Å²) in [6.07, 6.45) is -5.63. The fourth-order valence-electron chi connectivity index (χ4n) is 4.03. The minimum absolute atomic E-state index is 0.135. The van der Waals surface area contributed by atoms with Crippen LogP contribution >= 0.6 is 11.3 Å². The zero-order chi connectivity index (χ0) is 29.6. The lowest BCUT2D eigenvalue weighted by Crippen LogP contribution is -2.52. The smallest absolute Gasteiger partial charge is 0.471 e. The maximum absolute atomic E-state index is 12.7. The molecule has 13 heteroatoms. The number of halogens is 3. The Morgan fingerprint density at radius 2 is 1.76 bits per heavy atom. The molecule has 41 heavy (non-hydrogen) atoms. The van der Waals surface area contributed by atoms with Crippen LogP contribution < -0.4 is 20.0 Å². The SMILES string of the molecule is CO/N=C(\c1ccccc1)c1ccc2c(c1)sc(=O)n2CCOc1ccc(CC(NC(=O)C(F)(F)F)C(=O)[O-])cc1. The van der Waals surface area contributed by atoms with Gasteiger partial charge in [0, 0.05) is 11.1 Å². The Morgan fingerprint density at radius 1 is 1.05 bits per heavy atom. The predicted molar refractivity (Wildman–Crippen MR) is 144 cm³/mol. The van der Waals surface area contributed by atoms with Crippen LogP contribution in [0.2, 0.25) is 0 Å². The van der Waals surface area contributed by atoms with Gasteiger partial charge in [0.2, 0.25) is 0 Å². The van der Waals surface area contributed by atoms with E-state index in [1.165, 1.54) is 36.7 Å². The largest absolute Gasteiger partial charge is 0.548 e. The second kappa shape index (κ2) is 12.7. The van der Waals surface area contributed by atoms with E-state index in [4.69, 9.17) is 9.57 Å². The molecule has 1 aromatic heterocycles. The van der Waals surface area contributed by atoms with Gasteiger partial charge in [0.05, 0.1) is 28.8 Å². The molecule has 0 aliphatic heterocycles. The van der Waals surface area contributed by atoms with Crippen molar-refractivity contribution < 1.29 is 37.4 Å². The molecule has 9 nitrogen and oxygen atoms in total. The van der Waals surface area contributed by atoms with Crippen molar-refractivity contribution in [2.45, 2.75) is 25.2 Å². The molecule has 4 aromatic rings. The van der Waals surface area contributed by atoms with Crippen LogP contribution in [0.1, 0.15) is 16.7 Å². The second-order valence-electron chi connectivity index (χ2n) is 8.73. The van der Waals surface area contributed by atoms with Gasteiger partial charge in [-0.2, -0.15) is 13.2 Å². The van der Waals surface area contributed by atoms with Gasteiger partial charge in [0.15, 0.2) is 0 Å². The highest BCUT2D eigenvalue weighted by Crippen LogP contribution is 2.22. The highest BCUT2D eigenvalue weighted by atomic mass is 32.1. The number of nitrogens with one attached hydrogen (secondary N) is 1. The Bertz CT molecular complexity index is 1620. The standard InChI is InChI=1S/C28H24F3N3O6S/c1-39-33-24(18-5-3-2-4-6-18)19-9-12-22-23(16-19)41-27(38)34(22)13-14-40-20-10-7-17(8-11-20)15-21(25(35)36)32-26(37)28(29,30)31/h2-12,16,21H,13-15H2,1H3,(H,32,37)(H,35,36)/p-1/b33-24+. The van der Waals surface area contributed by atoms with E-state index in [9.17, 15) is 32.7 Å². The van der Waals surface area contributed by atoms with Crippen LogP contribution in [-0.2, 0) is 27.4 Å². The minimum atomic E-state index is -5.22. The molecule has 3 aromatic carbocycles. The first kappa shape index (κ1) is 29.3. The van der Waals surface area contributed by atoms with Gasteiger partial charge in [-0.1, -0.05) is 65.0 Å². The molecule has 1 heterocycles. The summed E-state index contributed by atoms with van der Waals surface area (Å²) in [5.41, 5.74) is 3.34. The van der Waals surface area contributed by atoms with E-state index in [0.717, 1.165) is 32.7 Å². The van der Waals surface area contributed by atoms with Crippen molar-refractivity contribution in [3.05, 3.63) is 99.2 Å². The van der Waals surface area contributed by atoms with Gasteiger partial charge < -0.3 is 24.8 Å². The van der Waals surface area contributed by atoms with Crippen LogP contribution in [-0.4, -0.2) is 48.1 Å². The number of hydrogen-bond acceptors (Lipinski definition) is 8. The predicted octanol–water partition coefficient (Wildman–Crippen LogP) is 2.88. The summed E-state index contributed by atoms with van der Waals surface area (Å²) in [5, 5.41) is 16.8. The molecule has 4 rings (SSSR count). The number of alkyl halides is 3. The number of carbonyl (C=O) groups excluding carboxylic acids is 2. The number of carboxylic acid groups (broad SMARTS) is 1. The monoisotopic (exact) mass is 586 g/mol. The van der Waals surface area contributed by atoms with E-state index >= 15 is 0 Å². The van der Waals surface area contributed by atoms with E-state index in [-0.39, 0.29) is 18.0 Å². The summed E-state index contributed by atoms with van der Waals surface area (Å²) >= 11 is 1.09. The van der Waals surface area contributed by atoms with E-state index in [1.807, 2.05) is 48.5 Å². The number of rotatable bonds is 11. The third-order valence-corrected chi connectivity index (χ3v) is 6.91. The number of carbonyl (C=O) groups is 2. The molecule has 0 aliphatic carbocycles. The normalized spacial score (nSPS) is 12.6. The molecule has 0 saturated carbocycles. The molecule has 1 atom stereocenters. The fraction of sp³-hybridized carbons (Fsp3) is 0.214. The van der Waals surface area contributed by atoms with Gasteiger partial charge in [-0.15, -0.1) is 0 Å². The van der Waals surface area contributed by atoms with Crippen LogP contribution in [0.15, 0.2) is 82.7 Å². The molecule has 0 fully saturated rings. The van der Waals surface area contributed by atoms with Crippen LogP contribution in [0.4, 0.5) is 13.2 Å². The number of fused-ring (bicyclic) bond motifs is 1. The van der Waals surface area contributed by atoms with Crippen molar-refractivity contribution in [3.8, 4) is 5.75 Å². The molecule has 0 aliphatic rings. The number of carboxylic acids is 1. The van der Waals surface area contributed by atoms with Crippen molar-refractivity contribution >= 4 is 39.1 Å². The molecule has 214 valence electrons. The Morgan fingerprint density at radius 3 is 2.39 bits per heavy atom. The Labute approximate surface area is 235 Å². The first-order valence-electron chi connectivity index (χ1n) is 12.2. The van der Waals surface area contributed by atoms with Gasteiger partial charge in [-0.25, -0.2) is 0 Å². The molecule has 1 amide bonds. The molecular formula is C28H23F3N3O6S-. The molecule has 1 N–H and O–H groups in total. The van der Waals surface area contributed by atoms with Crippen LogP contribution in [0.25, 0.3) is 10.2 Å². The number of nitrogens with zero attached hydrogens (tertiary/aromatic N) is 2. The van der Waals surface area contributed by atoms with Crippen LogP contribution in [0.3, 0.4) is 0 Å². The Kier molecular flexibility index (Phi) is 9.07. The summed E-state index contributed by atoms with van der Waals surface area (Å²) in [6.45, 7) is 0.379. The number of oxime groups is 1. The number of thiazole rings is 1. The minimum Gasteiger partial charge on any atom is -0.548 e. The van der Waals surface area contributed by atoms with Gasteiger partial charge in [-0.3, -0.25) is 14.2 Å². The number of ether oxygens (including phenoxy) is 1. The number of aliphatic carboxylic acids is 1. The van der Waals surface area contributed by atoms with Crippen molar-refractivity contribution in [3.63, 3.8) is 0 Å². The maximum Gasteiger partial charge on any atom is 0.471 e. The second-order valence-corrected chi connectivity index (χ2v) is 9.72. The fourth-order valence-corrected chi connectivity index (χ4v) is 4.99. The summed E-state index contributed by atoms with van der Waals surface area (Å²) in [5.74, 6) is -3.80. The Hall–Kier alpha value is -4.65. The quantitative estimate of drug-likeness (QED) is 0.213. The van der Waals surface area contributed by atoms with E-state index < -0.39 is 30.5 Å². The zero-order valence-electron chi connectivity index (χ0n) is 21.5. The van der Waals surface area contributed by atoms with Crippen molar-refractivity contribution in [1.29, 1.82) is 0 Å². The average Bonchev–Trinajstić information content (AvgIpc) is 3.26. The highest BCUT2D eigenvalue weighted by molar-refractivity contribution is 7.16. The van der Waals surface area contributed by atoms with E-state index in [2.05, 4.69) is 5.16 Å². The lowest BCUT2D eigenvalue weighted by Gasteiger charge is -2.20. The topological polar surface area (TPSA) is 122 Å². The first-order valence-corrected chi connectivity index (χ1v) is 13.0. The molecular weight excluding hydrogens is 563 g/mol. The third-order valence-electron chi connectivity index (χ3n) is 5.97. The molecule has 1 unspecified atom stereocenters. The molecule has 0 saturated heterocycles. The number of hydrogen-bond donors (Lipinski definition) is 1. The lowest BCUT2D eigenvalue weighted by molar-refractivity contribution is -0.308. The zero-order valence-corrected chi connectivity index (χ0v) is 22.3. The molecule has 0 bridgehead atoms. The van der Waals surface area contributed by atoms with Gasteiger partial charge in [-0.05, 0) is 36.2 Å². The number of benzene rings is 3. The average molecular weight is 587 g/mol. The maximum atomic E-state index is 12.7. The number of aromatic nitrogens is 1. The summed E-state index contributed by atoms with van der Waals surface area (Å²) < 4.78 is 45.5. The van der Waals surface area contributed by atoms with Crippen LogP contribution in [0.5, 0.6) is 5.75 Å². The van der Waals surface area contributed by atoms with E-state index in [0.29, 0.717) is 17.0 Å². The summed E-state index contributed by atoms with van der Waals surface area (Å²) in [4.78, 5) is 39.9. The van der Waals surface area contributed by atoms with Crippen LogP contribution in [0, 0.1) is 0 Å². The first-order chi connectivity index (χ1) is 19.6. The van der Waals surface area contributed by atoms with Gasteiger partial charge in [0.25, 0.3) is 0 Å². The van der Waals surface area contributed by atoms with Crippen molar-refractivity contribution in [1.82, 2.24) is 9.88 Å². The highest BCUT2D eigenvalue weighted by Gasteiger charge is 2.39. The lowest BCUT2D eigenvalue weighted by atomic mass is 10.0. The summed E-state index contributed by atoms with van der Waals surface area (Å²) in [6, 6.07) is 19.1. The summed E-state index contributed by atoms with van der Waals surface area (Å²) in [7, 11) is 1.46. The Balaban J connectivity index is 1.40. The van der Waals surface area contributed by atoms with Crippen molar-refractivity contribution in [2.75, 3.05) is 13.7 Å². The van der Waals surface area contributed by atoms with E-state index in [1.54, 1.807) is 4.57 Å². The molecule has 0 spiro atoms. The number of amides is 1. The van der Waals surface area contributed by atoms with Gasteiger partial charge >= 0.3 is 17.0 Å². The molecule has 0 radical (unpaired) electrons. The van der Waals surface area contributed by atoms with Crippen molar-refractivity contribution in [2.24, 2.45) is 5.16 Å². The van der Waals surface area contributed by atoms with Gasteiger partial charge in [0.1, 0.15) is 25.2 Å². The third kappa shape index (κ3) is 7.31.